The number of para-hydroxylation sites is 2. The molecule has 1 aromatic rings. The van der Waals surface area contributed by atoms with E-state index >= 15 is 0 Å². The van der Waals surface area contributed by atoms with E-state index in [1.807, 2.05) is 18.2 Å². The molecule has 1 amide bonds. The van der Waals surface area contributed by atoms with E-state index in [2.05, 4.69) is 23.2 Å². The van der Waals surface area contributed by atoms with Gasteiger partial charge in [0.25, 0.3) is 5.91 Å². The number of likely N-dealkylation sites (tertiary alicyclic amines) is 1. The van der Waals surface area contributed by atoms with Gasteiger partial charge in [-0.1, -0.05) is 12.1 Å². The maximum absolute atomic E-state index is 12.5. The number of nitrogens with one attached hydrogen (secondary N) is 2. The van der Waals surface area contributed by atoms with Crippen LogP contribution in [0.15, 0.2) is 24.3 Å². The van der Waals surface area contributed by atoms with Gasteiger partial charge in [-0.15, -0.1) is 0 Å². The third kappa shape index (κ3) is 4.24. The normalized spacial score (nSPS) is 25.2. The molecule has 1 unspecified atom stereocenters. The third-order valence-electron chi connectivity index (χ3n) is 5.00. The number of benzene rings is 1. The first-order valence-electron chi connectivity index (χ1n) is 8.80. The summed E-state index contributed by atoms with van der Waals surface area (Å²) in [5.41, 5.74) is 2.02. The molecule has 2 N–H and O–H groups in total. The molecule has 5 nitrogen and oxygen atoms in total. The molecule has 0 bridgehead atoms. The SMILES string of the molecule is C[C@H]1CCCC[NH+]1CC(=O)Nc1ccccc1N1CCOCC1. The van der Waals surface area contributed by atoms with Crippen molar-refractivity contribution < 1.29 is 14.4 Å². The van der Waals surface area contributed by atoms with Gasteiger partial charge < -0.3 is 19.9 Å². The molecule has 2 fully saturated rings. The topological polar surface area (TPSA) is 46.0 Å². The van der Waals surface area contributed by atoms with Gasteiger partial charge in [0.2, 0.25) is 0 Å². The second-order valence-electron chi connectivity index (χ2n) is 6.65. The largest absolute Gasteiger partial charge is 0.378 e. The Labute approximate surface area is 138 Å². The zero-order valence-electron chi connectivity index (χ0n) is 14.0. The molecule has 126 valence electrons. The first kappa shape index (κ1) is 16.3. The molecule has 2 aliphatic rings. The first-order chi connectivity index (χ1) is 11.2. The van der Waals surface area contributed by atoms with Crippen molar-refractivity contribution in [2.45, 2.75) is 32.2 Å². The van der Waals surface area contributed by atoms with Gasteiger partial charge in [-0.25, -0.2) is 0 Å². The fourth-order valence-corrected chi connectivity index (χ4v) is 3.58. The van der Waals surface area contributed by atoms with Crippen molar-refractivity contribution in [1.29, 1.82) is 0 Å². The van der Waals surface area contributed by atoms with Crippen LogP contribution < -0.4 is 15.1 Å². The van der Waals surface area contributed by atoms with E-state index in [9.17, 15) is 4.79 Å². The summed E-state index contributed by atoms with van der Waals surface area (Å²) in [7, 11) is 0. The van der Waals surface area contributed by atoms with Gasteiger partial charge >= 0.3 is 0 Å². The predicted molar refractivity (Wildman–Crippen MR) is 92.1 cm³/mol. The zero-order valence-corrected chi connectivity index (χ0v) is 14.0. The molecule has 0 spiro atoms. The summed E-state index contributed by atoms with van der Waals surface area (Å²) >= 11 is 0. The lowest BCUT2D eigenvalue weighted by atomic mass is 10.0. The lowest BCUT2D eigenvalue weighted by molar-refractivity contribution is -0.920. The Balaban J connectivity index is 1.63. The Kier molecular flexibility index (Phi) is 5.51. The summed E-state index contributed by atoms with van der Waals surface area (Å²) in [4.78, 5) is 16.2. The van der Waals surface area contributed by atoms with Gasteiger partial charge in [0.05, 0.1) is 37.2 Å². The fraction of sp³-hybridized carbons (Fsp3) is 0.611. The van der Waals surface area contributed by atoms with Crippen molar-refractivity contribution in [2.24, 2.45) is 0 Å². The number of anilines is 2. The highest BCUT2D eigenvalue weighted by molar-refractivity contribution is 5.95. The van der Waals surface area contributed by atoms with E-state index in [1.54, 1.807) is 0 Å². The molecule has 0 radical (unpaired) electrons. The van der Waals surface area contributed by atoms with Crippen LogP contribution >= 0.6 is 0 Å². The number of piperidine rings is 1. The van der Waals surface area contributed by atoms with Gasteiger partial charge in [-0.3, -0.25) is 4.79 Å². The van der Waals surface area contributed by atoms with Crippen LogP contribution in [-0.2, 0) is 9.53 Å². The number of ether oxygens (including phenoxy) is 1. The summed E-state index contributed by atoms with van der Waals surface area (Å²) in [6.45, 7) is 7.18. The van der Waals surface area contributed by atoms with Gasteiger partial charge in [0, 0.05) is 13.1 Å². The number of rotatable bonds is 4. The van der Waals surface area contributed by atoms with Crippen LogP contribution in [0.1, 0.15) is 26.2 Å². The van der Waals surface area contributed by atoms with Crippen molar-refractivity contribution in [3.63, 3.8) is 0 Å². The van der Waals surface area contributed by atoms with E-state index in [0.29, 0.717) is 12.6 Å². The number of quaternary nitrogens is 1. The molecule has 0 aromatic heterocycles. The molecular weight excluding hydrogens is 290 g/mol. The molecule has 0 aliphatic carbocycles. The average Bonchev–Trinajstić information content (AvgIpc) is 2.58. The quantitative estimate of drug-likeness (QED) is 0.868. The second-order valence-corrected chi connectivity index (χ2v) is 6.65. The minimum Gasteiger partial charge on any atom is -0.378 e. The zero-order chi connectivity index (χ0) is 16.1. The fourth-order valence-electron chi connectivity index (χ4n) is 3.58. The Bertz CT molecular complexity index is 529. The molecule has 2 saturated heterocycles. The Morgan fingerprint density at radius 2 is 2.09 bits per heavy atom. The minimum atomic E-state index is 0.120. The van der Waals surface area contributed by atoms with Gasteiger partial charge in [-0.2, -0.15) is 0 Å². The number of carbonyl (C=O) groups is 1. The maximum atomic E-state index is 12.5. The Hall–Kier alpha value is -1.59. The average molecular weight is 318 g/mol. The highest BCUT2D eigenvalue weighted by Gasteiger charge is 2.24. The minimum absolute atomic E-state index is 0.120. The van der Waals surface area contributed by atoms with E-state index in [4.69, 9.17) is 4.74 Å². The number of amides is 1. The summed E-state index contributed by atoms with van der Waals surface area (Å²) in [6.07, 6.45) is 3.76. The second kappa shape index (κ2) is 7.79. The van der Waals surface area contributed by atoms with Crippen LogP contribution in [0.25, 0.3) is 0 Å². The van der Waals surface area contributed by atoms with Gasteiger partial charge in [0.1, 0.15) is 0 Å². The van der Waals surface area contributed by atoms with Crippen LogP contribution in [0.5, 0.6) is 0 Å². The molecule has 1 aromatic carbocycles. The van der Waals surface area contributed by atoms with Crippen LogP contribution in [-0.4, -0.2) is 51.3 Å². The molecule has 2 aliphatic heterocycles. The molecule has 2 atom stereocenters. The monoisotopic (exact) mass is 318 g/mol. The van der Waals surface area contributed by atoms with E-state index in [1.165, 1.54) is 24.2 Å². The summed E-state index contributed by atoms with van der Waals surface area (Å²) in [6, 6.07) is 8.67. The molecule has 5 heteroatoms. The van der Waals surface area contributed by atoms with Crippen LogP contribution in [0, 0.1) is 0 Å². The predicted octanol–water partition coefficient (Wildman–Crippen LogP) is 0.919. The molecule has 2 heterocycles. The van der Waals surface area contributed by atoms with Gasteiger partial charge in [-0.05, 0) is 38.3 Å². The highest BCUT2D eigenvalue weighted by atomic mass is 16.5. The Morgan fingerprint density at radius 1 is 1.30 bits per heavy atom. The number of carbonyl (C=O) groups excluding carboxylic acids is 1. The maximum Gasteiger partial charge on any atom is 0.279 e. The van der Waals surface area contributed by atoms with Crippen molar-refractivity contribution in [3.8, 4) is 0 Å². The standard InChI is InChI=1S/C18H27N3O2/c1-15-6-4-5-9-21(15)14-18(22)19-16-7-2-3-8-17(16)20-10-12-23-13-11-20/h2-3,7-8,15H,4-6,9-14H2,1H3,(H,19,22)/p+1/t15-/m0/s1. The summed E-state index contributed by atoms with van der Waals surface area (Å²) < 4.78 is 5.42. The Morgan fingerprint density at radius 3 is 2.87 bits per heavy atom. The first-order valence-corrected chi connectivity index (χ1v) is 8.80. The molecule has 0 saturated carbocycles. The molecule has 3 rings (SSSR count). The molecule has 23 heavy (non-hydrogen) atoms. The van der Waals surface area contributed by atoms with Crippen LogP contribution in [0.2, 0.25) is 0 Å². The molecular formula is C18H28N3O2+. The third-order valence-corrected chi connectivity index (χ3v) is 5.00. The van der Waals surface area contributed by atoms with E-state index in [-0.39, 0.29) is 5.91 Å². The smallest absolute Gasteiger partial charge is 0.279 e. The lowest BCUT2D eigenvalue weighted by Crippen LogP contribution is -3.17. The number of hydrogen-bond donors (Lipinski definition) is 2. The van der Waals surface area contributed by atoms with E-state index in [0.717, 1.165) is 44.2 Å². The van der Waals surface area contributed by atoms with Crippen molar-refractivity contribution in [2.75, 3.05) is 49.6 Å². The van der Waals surface area contributed by atoms with Gasteiger partial charge in [0.15, 0.2) is 6.54 Å². The highest BCUT2D eigenvalue weighted by Crippen LogP contribution is 2.26. The number of hydrogen-bond acceptors (Lipinski definition) is 3. The van der Waals surface area contributed by atoms with Crippen molar-refractivity contribution >= 4 is 17.3 Å². The summed E-state index contributed by atoms with van der Waals surface area (Å²) in [5.74, 6) is 0.120. The number of morpholine rings is 1. The van der Waals surface area contributed by atoms with E-state index < -0.39 is 0 Å². The van der Waals surface area contributed by atoms with Crippen molar-refractivity contribution in [1.82, 2.24) is 0 Å². The van der Waals surface area contributed by atoms with Crippen molar-refractivity contribution in [3.05, 3.63) is 24.3 Å². The van der Waals surface area contributed by atoms with Crippen LogP contribution in [0.3, 0.4) is 0 Å². The lowest BCUT2D eigenvalue weighted by Gasteiger charge is -2.31. The number of nitrogens with zero attached hydrogens (tertiary/aromatic N) is 1. The summed E-state index contributed by atoms with van der Waals surface area (Å²) in [5, 5.41) is 3.13. The van der Waals surface area contributed by atoms with Crippen LogP contribution in [0.4, 0.5) is 11.4 Å².